The second kappa shape index (κ2) is 23.6. The van der Waals surface area contributed by atoms with Gasteiger partial charge >= 0.3 is 7.32 Å². The quantitative estimate of drug-likeness (QED) is 0.0181. The number of hydrogen-bond acceptors (Lipinski definition) is 9. The Morgan fingerprint density at radius 3 is 1.17 bits per heavy atom. The van der Waals surface area contributed by atoms with Crippen molar-refractivity contribution in [2.75, 3.05) is 67.6 Å². The van der Waals surface area contributed by atoms with Gasteiger partial charge in [0.2, 0.25) is 0 Å². The number of benzene rings is 7. The van der Waals surface area contributed by atoms with Gasteiger partial charge in [0.15, 0.2) is 11.6 Å². The van der Waals surface area contributed by atoms with Gasteiger partial charge in [0, 0.05) is 46.2 Å². The summed E-state index contributed by atoms with van der Waals surface area (Å²) < 4.78 is 20.5. The molecule has 0 aromatic heterocycles. The zero-order chi connectivity index (χ0) is 46.2. The largest absolute Gasteiger partial charge is 0.660 e. The van der Waals surface area contributed by atoms with Crippen LogP contribution in [0.15, 0.2) is 176 Å². The van der Waals surface area contributed by atoms with Gasteiger partial charge < -0.3 is 33.3 Å². The van der Waals surface area contributed by atoms with Gasteiger partial charge in [0.05, 0.1) is 37.9 Å². The molecular weight excluding hydrogens is 868 g/mol. The van der Waals surface area contributed by atoms with Crippen LogP contribution in [0.5, 0.6) is 0 Å². The number of carbonyl (C=O) groups is 2. The van der Waals surface area contributed by atoms with E-state index >= 15 is 0 Å². The molecule has 0 aliphatic heterocycles. The second-order valence-corrected chi connectivity index (χ2v) is 22.8. The monoisotopic (exact) mass is 926 g/mol. The van der Waals surface area contributed by atoms with Gasteiger partial charge in [0.1, 0.15) is 0 Å². The van der Waals surface area contributed by atoms with Gasteiger partial charge in [-0.15, -0.1) is 20.6 Å². The fraction of sp³-hybridized carbons (Fsp3) is 0.259. The van der Waals surface area contributed by atoms with Crippen molar-refractivity contribution in [3.8, 4) is 0 Å². The summed E-state index contributed by atoms with van der Waals surface area (Å²) >= 11 is 0. The zero-order valence-electron chi connectivity index (χ0n) is 37.2. The fourth-order valence-electron chi connectivity index (χ4n) is 8.81. The lowest BCUT2D eigenvalue weighted by molar-refractivity contribution is 0.101. The predicted molar refractivity (Wildman–Crippen MR) is 272 cm³/mol. The summed E-state index contributed by atoms with van der Waals surface area (Å²) in [5.41, 5.74) is 3.67. The number of hydrogen-bond donors (Lipinski definition) is 4. The summed E-state index contributed by atoms with van der Waals surface area (Å²) in [6.07, 6.45) is 1.10. The van der Waals surface area contributed by atoms with Crippen LogP contribution in [0.4, 0.5) is 0 Å². The van der Waals surface area contributed by atoms with Crippen LogP contribution in [0, 0.1) is 0 Å². The lowest BCUT2D eigenvalue weighted by Crippen LogP contribution is -2.39. The smallest absolute Gasteiger partial charge is 0.395 e. The van der Waals surface area contributed by atoms with Crippen LogP contribution in [0.25, 0.3) is 21.5 Å². The number of aliphatic hydroxyl groups is 4. The van der Waals surface area contributed by atoms with Crippen molar-refractivity contribution in [1.82, 2.24) is 0 Å². The van der Waals surface area contributed by atoms with E-state index in [1.807, 2.05) is 127 Å². The van der Waals surface area contributed by atoms with Crippen molar-refractivity contribution in [3.63, 3.8) is 0 Å². The highest BCUT2D eigenvalue weighted by Gasteiger charge is 2.42. The van der Waals surface area contributed by atoms with Gasteiger partial charge in [-0.25, -0.2) is 0 Å². The van der Waals surface area contributed by atoms with E-state index in [0.29, 0.717) is 24.0 Å². The van der Waals surface area contributed by atoms with Crippen LogP contribution in [-0.4, -0.2) is 107 Å². The van der Waals surface area contributed by atoms with Crippen molar-refractivity contribution < 1.29 is 42.9 Å². The molecule has 7 rings (SSSR count). The van der Waals surface area contributed by atoms with Crippen LogP contribution in [0.3, 0.4) is 0 Å². The van der Waals surface area contributed by atoms with Crippen LogP contribution in [-0.2, 0) is 18.3 Å². The van der Waals surface area contributed by atoms with Crippen molar-refractivity contribution in [3.05, 3.63) is 204 Å². The zero-order valence-corrected chi connectivity index (χ0v) is 38.8. The average Bonchev–Trinajstić information content (AvgIpc) is 3.35. The minimum Gasteiger partial charge on any atom is -0.395 e. The number of rotatable bonds is 26. The molecule has 0 heterocycles. The third kappa shape index (κ3) is 11.9. The van der Waals surface area contributed by atoms with E-state index in [0.717, 1.165) is 38.2 Å². The van der Waals surface area contributed by atoms with Crippen LogP contribution < -0.4 is 0 Å². The van der Waals surface area contributed by atoms with E-state index in [1.165, 1.54) is 0 Å². The van der Waals surface area contributed by atoms with E-state index in [2.05, 4.69) is 36.4 Å². The Labute approximate surface area is 391 Å². The molecule has 0 radical (unpaired) electrons. The van der Waals surface area contributed by atoms with Crippen molar-refractivity contribution in [1.29, 1.82) is 0 Å². The molecule has 0 aliphatic rings. The maximum atomic E-state index is 14.3. The first kappa shape index (κ1) is 48.8. The summed E-state index contributed by atoms with van der Waals surface area (Å²) in [6.45, 7) is -1.25. The van der Waals surface area contributed by atoms with Gasteiger partial charge in [-0.3, -0.25) is 9.59 Å². The van der Waals surface area contributed by atoms with E-state index < -0.39 is 33.4 Å². The molecule has 0 fully saturated rings. The first-order valence-electron chi connectivity index (χ1n) is 22.4. The Kier molecular flexibility index (Phi) is 17.4. The van der Waals surface area contributed by atoms with E-state index in [-0.39, 0.29) is 79.1 Å². The third-order valence-electron chi connectivity index (χ3n) is 12.1. The predicted octanol–water partition coefficient (Wildman–Crippen LogP) is 9.32. The molecule has 4 N–H and O–H groups in total. The molecule has 0 amide bonds. The first-order chi connectivity index (χ1) is 32.3. The molecule has 0 saturated heterocycles. The number of fused-ring (bicyclic) bond motifs is 2. The molecule has 0 bridgehead atoms. The molecule has 12 heteroatoms. The van der Waals surface area contributed by atoms with E-state index in [1.54, 1.807) is 12.1 Å². The molecular formula is C54H59BO9S2. The number of Topliss-reactive ketones (excluding diaryl/α,β-unsaturated/α-hetero) is 2. The van der Waals surface area contributed by atoms with E-state index in [9.17, 15) is 30.0 Å². The van der Waals surface area contributed by atoms with Crippen LogP contribution >= 0.6 is 20.6 Å². The summed E-state index contributed by atoms with van der Waals surface area (Å²) in [5, 5.41) is 46.1. The highest BCUT2D eigenvalue weighted by molar-refractivity contribution is 8.32. The number of aliphatic hydroxyl groups excluding tert-OH is 4. The van der Waals surface area contributed by atoms with Gasteiger partial charge in [-0.1, -0.05) is 164 Å². The minimum absolute atomic E-state index is 0.0353. The molecule has 9 nitrogen and oxygen atoms in total. The van der Waals surface area contributed by atoms with E-state index in [4.69, 9.17) is 12.9 Å². The lowest BCUT2D eigenvalue weighted by atomic mass is 9.67. The second-order valence-electron chi connectivity index (χ2n) is 16.4. The third-order valence-corrected chi connectivity index (χ3v) is 18.5. The summed E-state index contributed by atoms with van der Waals surface area (Å²) in [6, 6.07) is 57.6. The molecule has 0 saturated carbocycles. The standard InChI is InChI=1S/C54H59BO9S2/c56-30-35-65(36-31-57,41-52(60)47-27-25-43-15-10-12-17-45(43)39-47)63-55(64-66(37-32-58,38-33-59)42-53(61)48-28-26-44-16-11-13-18-46(44)40-48)62-34-14-29-54(49-19-4-1-5-20-49,50-21-6-2-7-22-50)51-23-8-3-9-24-51/h1-13,15-28,39-40,56-59H,14,29-38,41-42H2. The summed E-state index contributed by atoms with van der Waals surface area (Å²) in [7, 11) is -6.89. The Balaban J connectivity index is 1.24. The van der Waals surface area contributed by atoms with Gasteiger partial charge in [0.25, 0.3) is 0 Å². The average molecular weight is 927 g/mol. The van der Waals surface area contributed by atoms with Crippen molar-refractivity contribution in [2.24, 2.45) is 0 Å². The molecule has 7 aromatic rings. The topological polar surface area (TPSA) is 143 Å². The minimum atomic E-state index is -2.69. The van der Waals surface area contributed by atoms with Crippen molar-refractivity contribution >= 4 is 61.1 Å². The molecule has 0 atom stereocenters. The molecule has 344 valence electrons. The Bertz CT molecular complexity index is 2410. The molecule has 66 heavy (non-hydrogen) atoms. The molecule has 0 aliphatic carbocycles. The van der Waals surface area contributed by atoms with Crippen LogP contribution in [0.2, 0.25) is 0 Å². The number of ketones is 2. The summed E-state index contributed by atoms with van der Waals surface area (Å²) in [4.78, 5) is 28.6. The van der Waals surface area contributed by atoms with Gasteiger partial charge in [-0.2, -0.15) is 0 Å². The van der Waals surface area contributed by atoms with Gasteiger partial charge in [-0.05, 0) is 63.2 Å². The highest BCUT2D eigenvalue weighted by Crippen LogP contribution is 2.55. The summed E-state index contributed by atoms with van der Waals surface area (Å²) in [5.74, 6) is -0.612. The fourth-order valence-corrected chi connectivity index (χ4v) is 13.8. The Hall–Kier alpha value is -5.12. The molecule has 0 spiro atoms. The van der Waals surface area contributed by atoms with Crippen LogP contribution in [0.1, 0.15) is 50.2 Å². The van der Waals surface area contributed by atoms with Crippen molar-refractivity contribution in [2.45, 2.75) is 18.3 Å². The first-order valence-corrected chi connectivity index (χ1v) is 26.5. The number of carbonyl (C=O) groups excluding carboxylic acids is 2. The lowest BCUT2D eigenvalue weighted by Gasteiger charge is -2.44. The Morgan fingerprint density at radius 1 is 0.455 bits per heavy atom. The molecule has 7 aromatic carbocycles. The maximum Gasteiger partial charge on any atom is 0.660 e. The normalized spacial score (nSPS) is 12.6. The Morgan fingerprint density at radius 2 is 0.803 bits per heavy atom. The SMILES string of the molecule is O=C(CS(CCO)(CCO)OB(OCCCC(c1ccccc1)(c1ccccc1)c1ccccc1)OS(CCO)(CCO)CC(=O)c1ccc2ccccc2c1)c1ccc2ccccc2c1. The highest BCUT2D eigenvalue weighted by atomic mass is 32.3. The maximum absolute atomic E-state index is 14.3. The molecule has 0 unspecified atom stereocenters.